The Balaban J connectivity index is 2.60. The minimum Gasteiger partial charge on any atom is -0.383 e. The van der Waals surface area contributed by atoms with Gasteiger partial charge in [-0.3, -0.25) is 0 Å². The Bertz CT molecular complexity index is 608. The molecule has 1 aromatic carbocycles. The van der Waals surface area contributed by atoms with Gasteiger partial charge < -0.3 is 10.3 Å². The predicted octanol–water partition coefficient (Wildman–Crippen LogP) is 3.09. The Kier molecular flexibility index (Phi) is 3.73. The minimum atomic E-state index is 0.451. The van der Waals surface area contributed by atoms with Crippen molar-refractivity contribution < 1.29 is 0 Å². The second kappa shape index (κ2) is 5.28. The van der Waals surface area contributed by atoms with Crippen LogP contribution >= 0.6 is 15.9 Å². The lowest BCUT2D eigenvalue weighted by atomic mass is 10.1. The van der Waals surface area contributed by atoms with Crippen LogP contribution in [0.5, 0.6) is 0 Å². The number of nitrogens with two attached hydrogens (primary N) is 1. The largest absolute Gasteiger partial charge is 0.383 e. The van der Waals surface area contributed by atoms with E-state index in [0.717, 1.165) is 28.0 Å². The normalized spacial score (nSPS) is 10.3. The molecule has 0 fully saturated rings. The molecule has 0 aliphatic rings. The molecular weight excluding hydrogens is 290 g/mol. The summed E-state index contributed by atoms with van der Waals surface area (Å²) in [5, 5.41) is 0. The van der Waals surface area contributed by atoms with Crippen LogP contribution in [0.15, 0.2) is 28.7 Å². The lowest BCUT2D eigenvalue weighted by Crippen LogP contribution is -2.05. The van der Waals surface area contributed by atoms with E-state index in [1.807, 2.05) is 35.8 Å². The molecule has 2 N–H and O–H groups in total. The average Bonchev–Trinajstić information content (AvgIpc) is 2.68. The van der Waals surface area contributed by atoms with Gasteiger partial charge in [0, 0.05) is 16.5 Å². The molecule has 3 nitrogen and oxygen atoms in total. The van der Waals surface area contributed by atoms with Crippen LogP contribution in [0.25, 0.3) is 11.3 Å². The number of aryl methyl sites for hydroxylation is 1. The summed E-state index contributed by atoms with van der Waals surface area (Å²) in [6.45, 7) is 2.49. The number of halogens is 1. The number of aromatic nitrogens is 2. The van der Waals surface area contributed by atoms with Gasteiger partial charge in [-0.15, -0.1) is 6.42 Å². The van der Waals surface area contributed by atoms with Gasteiger partial charge in [0.05, 0.1) is 6.54 Å². The van der Waals surface area contributed by atoms with Crippen molar-refractivity contribution in [1.29, 1.82) is 0 Å². The van der Waals surface area contributed by atoms with E-state index in [2.05, 4.69) is 26.8 Å². The van der Waals surface area contributed by atoms with E-state index in [1.54, 1.807) is 0 Å². The van der Waals surface area contributed by atoms with Gasteiger partial charge in [-0.05, 0) is 6.07 Å². The van der Waals surface area contributed by atoms with E-state index in [-0.39, 0.29) is 0 Å². The second-order valence-electron chi connectivity index (χ2n) is 3.89. The maximum atomic E-state index is 6.15. The lowest BCUT2D eigenvalue weighted by Gasteiger charge is -2.05. The van der Waals surface area contributed by atoms with Gasteiger partial charge in [-0.1, -0.05) is 47.0 Å². The second-order valence-corrected chi connectivity index (χ2v) is 4.74. The molecule has 1 heterocycles. The molecule has 2 rings (SSSR count). The molecule has 4 heteroatoms. The van der Waals surface area contributed by atoms with Crippen molar-refractivity contribution >= 4 is 21.7 Å². The maximum absolute atomic E-state index is 6.15. The van der Waals surface area contributed by atoms with E-state index in [9.17, 15) is 0 Å². The molecule has 0 amide bonds. The van der Waals surface area contributed by atoms with Gasteiger partial charge in [0.15, 0.2) is 0 Å². The summed E-state index contributed by atoms with van der Waals surface area (Å²) >= 11 is 3.52. The molecule has 2 aromatic rings. The van der Waals surface area contributed by atoms with E-state index in [0.29, 0.717) is 12.4 Å². The van der Waals surface area contributed by atoms with Crippen LogP contribution < -0.4 is 5.73 Å². The number of nitrogens with zero attached hydrogens (tertiary/aromatic N) is 2. The van der Waals surface area contributed by atoms with Crippen molar-refractivity contribution in [3.8, 4) is 23.6 Å². The molecule has 0 unspecified atom stereocenters. The summed E-state index contributed by atoms with van der Waals surface area (Å²) < 4.78 is 2.86. The molecule has 18 heavy (non-hydrogen) atoms. The summed E-state index contributed by atoms with van der Waals surface area (Å²) in [5.41, 5.74) is 7.92. The number of benzene rings is 1. The topological polar surface area (TPSA) is 43.8 Å². The fraction of sp³-hybridized carbons (Fsp3) is 0.214. The number of hydrogen-bond donors (Lipinski definition) is 1. The zero-order chi connectivity index (χ0) is 13.1. The first kappa shape index (κ1) is 12.7. The summed E-state index contributed by atoms with van der Waals surface area (Å²) in [7, 11) is 0. The highest BCUT2D eigenvalue weighted by Crippen LogP contribution is 2.32. The molecule has 0 spiro atoms. The first-order valence-electron chi connectivity index (χ1n) is 5.72. The number of nitrogen functional groups attached to an aromatic ring is 1. The van der Waals surface area contributed by atoms with Crippen molar-refractivity contribution in [2.75, 3.05) is 5.73 Å². The Morgan fingerprint density at radius 2 is 2.17 bits per heavy atom. The SMILES string of the molecule is C#CCn1c(CC)nc(-c2ccccc2Br)c1N. The van der Waals surface area contributed by atoms with Crippen LogP contribution in [0.3, 0.4) is 0 Å². The minimum absolute atomic E-state index is 0.451. The maximum Gasteiger partial charge on any atom is 0.132 e. The van der Waals surface area contributed by atoms with Crippen LogP contribution in [0, 0.1) is 12.3 Å². The number of rotatable bonds is 3. The summed E-state index contributed by atoms with van der Waals surface area (Å²) in [6.07, 6.45) is 6.17. The Labute approximate surface area is 115 Å². The fourth-order valence-electron chi connectivity index (χ4n) is 1.90. The number of imidazole rings is 1. The van der Waals surface area contributed by atoms with Crippen molar-refractivity contribution in [3.05, 3.63) is 34.6 Å². The third-order valence-corrected chi connectivity index (χ3v) is 3.47. The molecular formula is C14H14BrN3. The Morgan fingerprint density at radius 1 is 1.44 bits per heavy atom. The summed E-state index contributed by atoms with van der Waals surface area (Å²) in [4.78, 5) is 4.59. The van der Waals surface area contributed by atoms with Crippen molar-refractivity contribution in [2.24, 2.45) is 0 Å². The van der Waals surface area contributed by atoms with Crippen molar-refractivity contribution in [3.63, 3.8) is 0 Å². The van der Waals surface area contributed by atoms with E-state index in [4.69, 9.17) is 12.2 Å². The molecule has 0 aliphatic carbocycles. The highest BCUT2D eigenvalue weighted by atomic mass is 79.9. The summed E-state index contributed by atoms with van der Waals surface area (Å²) in [6, 6.07) is 7.89. The molecule has 0 radical (unpaired) electrons. The molecule has 0 atom stereocenters. The van der Waals surface area contributed by atoms with Gasteiger partial charge in [-0.25, -0.2) is 4.98 Å². The molecule has 0 saturated heterocycles. The van der Waals surface area contributed by atoms with Crippen LogP contribution in [0.2, 0.25) is 0 Å². The van der Waals surface area contributed by atoms with Gasteiger partial charge in [0.2, 0.25) is 0 Å². The van der Waals surface area contributed by atoms with E-state index in [1.165, 1.54) is 0 Å². The number of hydrogen-bond acceptors (Lipinski definition) is 2. The first-order valence-corrected chi connectivity index (χ1v) is 6.51. The highest BCUT2D eigenvalue weighted by Gasteiger charge is 2.15. The molecule has 0 bridgehead atoms. The third-order valence-electron chi connectivity index (χ3n) is 2.78. The van der Waals surface area contributed by atoms with Gasteiger partial charge in [0.25, 0.3) is 0 Å². The van der Waals surface area contributed by atoms with Crippen molar-refractivity contribution in [1.82, 2.24) is 9.55 Å². The van der Waals surface area contributed by atoms with Crippen LogP contribution in [0.4, 0.5) is 5.82 Å². The standard InChI is InChI=1S/C14H14BrN3/c1-3-9-18-12(4-2)17-13(14(18)16)10-7-5-6-8-11(10)15/h1,5-8H,4,9,16H2,2H3. The smallest absolute Gasteiger partial charge is 0.132 e. The summed E-state index contributed by atoms with van der Waals surface area (Å²) in [5.74, 6) is 4.15. The monoisotopic (exact) mass is 303 g/mol. The van der Waals surface area contributed by atoms with Gasteiger partial charge >= 0.3 is 0 Å². The zero-order valence-electron chi connectivity index (χ0n) is 10.2. The van der Waals surface area contributed by atoms with E-state index < -0.39 is 0 Å². The Hall–Kier alpha value is -1.73. The average molecular weight is 304 g/mol. The van der Waals surface area contributed by atoms with Crippen molar-refractivity contribution in [2.45, 2.75) is 19.9 Å². The van der Waals surface area contributed by atoms with Gasteiger partial charge in [0.1, 0.15) is 17.3 Å². The van der Waals surface area contributed by atoms with Crippen LogP contribution in [-0.4, -0.2) is 9.55 Å². The van der Waals surface area contributed by atoms with Crippen LogP contribution in [-0.2, 0) is 13.0 Å². The number of anilines is 1. The number of terminal acetylenes is 1. The first-order chi connectivity index (χ1) is 8.69. The molecule has 0 aliphatic heterocycles. The zero-order valence-corrected chi connectivity index (χ0v) is 11.7. The van der Waals surface area contributed by atoms with Crippen LogP contribution in [0.1, 0.15) is 12.7 Å². The third kappa shape index (κ3) is 2.14. The van der Waals surface area contributed by atoms with Gasteiger partial charge in [-0.2, -0.15) is 0 Å². The molecule has 92 valence electrons. The lowest BCUT2D eigenvalue weighted by molar-refractivity contribution is 0.769. The fourth-order valence-corrected chi connectivity index (χ4v) is 2.38. The quantitative estimate of drug-likeness (QED) is 0.886. The molecule has 1 aromatic heterocycles. The Morgan fingerprint density at radius 3 is 2.78 bits per heavy atom. The predicted molar refractivity (Wildman–Crippen MR) is 78.0 cm³/mol. The highest BCUT2D eigenvalue weighted by molar-refractivity contribution is 9.10. The molecule has 0 saturated carbocycles. The van der Waals surface area contributed by atoms with E-state index >= 15 is 0 Å².